The van der Waals surface area contributed by atoms with Crippen molar-refractivity contribution in [1.29, 1.82) is 0 Å². The minimum absolute atomic E-state index is 0.0658. The number of hydrazine groups is 1. The summed E-state index contributed by atoms with van der Waals surface area (Å²) in [6, 6.07) is 5.71. The molecule has 108 valence electrons. The third-order valence-electron chi connectivity index (χ3n) is 2.48. The van der Waals surface area contributed by atoms with Crippen molar-refractivity contribution in [3.05, 3.63) is 35.6 Å². The van der Waals surface area contributed by atoms with Gasteiger partial charge in [-0.1, -0.05) is 12.1 Å². The zero-order chi connectivity index (χ0) is 14.3. The normalized spacial score (nSPS) is 13.5. The summed E-state index contributed by atoms with van der Waals surface area (Å²) in [7, 11) is 0. The van der Waals surface area contributed by atoms with Gasteiger partial charge >= 0.3 is 6.18 Å². The number of hydrogen-bond donors (Lipinski definition) is 2. The molecule has 0 spiro atoms. The van der Waals surface area contributed by atoms with Crippen LogP contribution in [0.5, 0.6) is 0 Å². The van der Waals surface area contributed by atoms with Crippen molar-refractivity contribution < 1.29 is 22.3 Å². The molecule has 0 fully saturated rings. The van der Waals surface area contributed by atoms with Crippen LogP contribution >= 0.6 is 0 Å². The van der Waals surface area contributed by atoms with Crippen LogP contribution in [0, 0.1) is 5.82 Å². The maximum absolute atomic E-state index is 13.0. The molecule has 0 radical (unpaired) electrons. The van der Waals surface area contributed by atoms with E-state index in [0.29, 0.717) is 12.8 Å². The van der Waals surface area contributed by atoms with Gasteiger partial charge in [0, 0.05) is 12.6 Å². The quantitative estimate of drug-likeness (QED) is 0.348. The number of hydrogen-bond acceptors (Lipinski definition) is 3. The molecule has 1 aromatic carbocycles. The lowest BCUT2D eigenvalue weighted by molar-refractivity contribution is -0.174. The fourth-order valence-electron chi connectivity index (χ4n) is 1.61. The molecule has 1 unspecified atom stereocenters. The van der Waals surface area contributed by atoms with Crippen molar-refractivity contribution >= 4 is 0 Å². The Morgan fingerprint density at radius 1 is 1.32 bits per heavy atom. The number of nitrogens with two attached hydrogens (primary N) is 1. The van der Waals surface area contributed by atoms with Gasteiger partial charge < -0.3 is 4.74 Å². The Morgan fingerprint density at radius 2 is 2.05 bits per heavy atom. The number of nitrogens with one attached hydrogen (secondary N) is 1. The van der Waals surface area contributed by atoms with Crippen LogP contribution in [0.4, 0.5) is 17.6 Å². The number of rotatable bonds is 7. The van der Waals surface area contributed by atoms with Crippen molar-refractivity contribution in [2.75, 3.05) is 13.2 Å². The molecule has 0 aliphatic rings. The van der Waals surface area contributed by atoms with E-state index in [1.165, 1.54) is 12.1 Å². The summed E-state index contributed by atoms with van der Waals surface area (Å²) in [6.07, 6.45) is -3.60. The van der Waals surface area contributed by atoms with Crippen molar-refractivity contribution in [2.45, 2.75) is 25.1 Å². The van der Waals surface area contributed by atoms with Crippen LogP contribution < -0.4 is 11.3 Å². The Bertz CT molecular complexity index is 384. The predicted octanol–water partition coefficient (Wildman–Crippen LogP) is 2.17. The van der Waals surface area contributed by atoms with Crippen molar-refractivity contribution in [3.63, 3.8) is 0 Å². The molecule has 0 aliphatic carbocycles. The molecule has 1 rings (SSSR count). The Labute approximate surface area is 108 Å². The highest BCUT2D eigenvalue weighted by molar-refractivity contribution is 5.17. The largest absolute Gasteiger partial charge is 0.411 e. The van der Waals surface area contributed by atoms with Gasteiger partial charge in [-0.3, -0.25) is 11.3 Å². The summed E-state index contributed by atoms with van der Waals surface area (Å²) in [4.78, 5) is 0. The lowest BCUT2D eigenvalue weighted by Gasteiger charge is -2.16. The molecule has 0 bridgehead atoms. The summed E-state index contributed by atoms with van der Waals surface area (Å²) in [6.45, 7) is -1.34. The van der Waals surface area contributed by atoms with Gasteiger partial charge in [0.1, 0.15) is 12.4 Å². The maximum Gasteiger partial charge on any atom is 0.411 e. The fourth-order valence-corrected chi connectivity index (χ4v) is 1.61. The first-order chi connectivity index (χ1) is 8.90. The average molecular weight is 280 g/mol. The highest BCUT2D eigenvalue weighted by Crippen LogP contribution is 2.15. The molecule has 0 aliphatic heterocycles. The number of halogens is 4. The average Bonchev–Trinajstić information content (AvgIpc) is 2.32. The second-order valence-electron chi connectivity index (χ2n) is 4.15. The van der Waals surface area contributed by atoms with Gasteiger partial charge in [0.05, 0.1) is 0 Å². The van der Waals surface area contributed by atoms with E-state index in [0.717, 1.165) is 5.56 Å². The molecular weight excluding hydrogens is 264 g/mol. The highest BCUT2D eigenvalue weighted by Gasteiger charge is 2.27. The van der Waals surface area contributed by atoms with Gasteiger partial charge in [-0.2, -0.15) is 13.2 Å². The molecule has 3 N–H and O–H groups in total. The SMILES string of the molecule is NNC(CCOCC(F)(F)F)Cc1cccc(F)c1. The number of benzene rings is 1. The zero-order valence-corrected chi connectivity index (χ0v) is 10.2. The monoisotopic (exact) mass is 280 g/mol. The molecule has 0 heterocycles. The second-order valence-corrected chi connectivity index (χ2v) is 4.15. The predicted molar refractivity (Wildman–Crippen MR) is 62.7 cm³/mol. The first kappa shape index (κ1) is 15.9. The Morgan fingerprint density at radius 3 is 2.63 bits per heavy atom. The third-order valence-corrected chi connectivity index (χ3v) is 2.48. The topological polar surface area (TPSA) is 47.3 Å². The van der Waals surface area contributed by atoms with Crippen molar-refractivity contribution in [2.24, 2.45) is 5.84 Å². The molecule has 19 heavy (non-hydrogen) atoms. The summed E-state index contributed by atoms with van der Waals surface area (Å²) >= 11 is 0. The molecule has 0 saturated heterocycles. The van der Waals surface area contributed by atoms with Crippen LogP contribution in [0.1, 0.15) is 12.0 Å². The molecular formula is C12H16F4N2O. The first-order valence-electron chi connectivity index (χ1n) is 5.76. The minimum atomic E-state index is -4.33. The van der Waals surface area contributed by atoms with E-state index in [1.54, 1.807) is 12.1 Å². The second kappa shape index (κ2) is 7.42. The van der Waals surface area contributed by atoms with Crippen molar-refractivity contribution in [1.82, 2.24) is 5.43 Å². The van der Waals surface area contributed by atoms with E-state index in [2.05, 4.69) is 10.2 Å². The number of alkyl halides is 3. The lowest BCUT2D eigenvalue weighted by atomic mass is 10.0. The summed E-state index contributed by atoms with van der Waals surface area (Å²) in [5.41, 5.74) is 3.21. The molecule has 1 aromatic rings. The van der Waals surface area contributed by atoms with E-state index in [4.69, 9.17) is 5.84 Å². The van der Waals surface area contributed by atoms with Gasteiger partial charge in [0.2, 0.25) is 0 Å². The van der Waals surface area contributed by atoms with E-state index in [1.807, 2.05) is 0 Å². The minimum Gasteiger partial charge on any atom is -0.372 e. The van der Waals surface area contributed by atoms with Crippen molar-refractivity contribution in [3.8, 4) is 0 Å². The van der Waals surface area contributed by atoms with Gasteiger partial charge in [-0.15, -0.1) is 0 Å². The Balaban J connectivity index is 2.34. The van der Waals surface area contributed by atoms with Crippen LogP contribution in [0.3, 0.4) is 0 Å². The van der Waals surface area contributed by atoms with Gasteiger partial charge in [-0.25, -0.2) is 4.39 Å². The van der Waals surface area contributed by atoms with Gasteiger partial charge in [-0.05, 0) is 30.5 Å². The van der Waals surface area contributed by atoms with Crippen LogP contribution in [-0.2, 0) is 11.2 Å². The summed E-state index contributed by atoms with van der Waals surface area (Å²) in [5, 5.41) is 0. The van der Waals surface area contributed by atoms with Crippen LogP contribution in [0.25, 0.3) is 0 Å². The molecule has 0 aromatic heterocycles. The van der Waals surface area contributed by atoms with Crippen LogP contribution in [0.15, 0.2) is 24.3 Å². The lowest BCUT2D eigenvalue weighted by Crippen LogP contribution is -2.38. The van der Waals surface area contributed by atoms with E-state index < -0.39 is 12.8 Å². The fraction of sp³-hybridized carbons (Fsp3) is 0.500. The van der Waals surface area contributed by atoms with Gasteiger partial charge in [0.25, 0.3) is 0 Å². The molecule has 0 saturated carbocycles. The molecule has 0 amide bonds. The molecule has 1 atom stereocenters. The van der Waals surface area contributed by atoms with Crippen LogP contribution in [0.2, 0.25) is 0 Å². The summed E-state index contributed by atoms with van der Waals surface area (Å²) in [5.74, 6) is 4.95. The smallest absolute Gasteiger partial charge is 0.372 e. The maximum atomic E-state index is 13.0. The third kappa shape index (κ3) is 7.09. The van der Waals surface area contributed by atoms with E-state index >= 15 is 0 Å². The van der Waals surface area contributed by atoms with Gasteiger partial charge in [0.15, 0.2) is 0 Å². The summed E-state index contributed by atoms with van der Waals surface area (Å²) < 4.78 is 53.0. The Kier molecular flexibility index (Phi) is 6.20. The Hall–Kier alpha value is -1.18. The van der Waals surface area contributed by atoms with E-state index in [9.17, 15) is 17.6 Å². The standard InChI is InChI=1S/C12H16F4N2O/c13-10-3-1-2-9(6-10)7-11(18-17)4-5-19-8-12(14,15)16/h1-3,6,11,18H,4-5,7-8,17H2. The number of ether oxygens (including phenoxy) is 1. The first-order valence-corrected chi connectivity index (χ1v) is 5.76. The van der Waals surface area contributed by atoms with E-state index in [-0.39, 0.29) is 18.5 Å². The zero-order valence-electron chi connectivity index (χ0n) is 10.2. The van der Waals surface area contributed by atoms with Crippen LogP contribution in [-0.4, -0.2) is 25.4 Å². The molecule has 7 heteroatoms. The molecule has 3 nitrogen and oxygen atoms in total. The highest BCUT2D eigenvalue weighted by atomic mass is 19.4.